The molecule has 4 aromatic rings. The van der Waals surface area contributed by atoms with Crippen molar-refractivity contribution >= 4 is 0 Å². The topological polar surface area (TPSA) is 121 Å². The summed E-state index contributed by atoms with van der Waals surface area (Å²) in [6.45, 7) is 0.779. The molecular weight excluding hydrogens is 504 g/mol. The number of rotatable bonds is 8. The molecule has 1 fully saturated rings. The van der Waals surface area contributed by atoms with Crippen LogP contribution in [0.25, 0.3) is 0 Å². The van der Waals surface area contributed by atoms with Gasteiger partial charge in [-0.05, 0) is 41.0 Å². The van der Waals surface area contributed by atoms with E-state index in [1.807, 2.05) is 54.6 Å². The molecular formula is C32H30N4O4. The van der Waals surface area contributed by atoms with Crippen molar-refractivity contribution in [3.8, 4) is 17.6 Å². The van der Waals surface area contributed by atoms with Gasteiger partial charge in [0.25, 0.3) is 0 Å². The van der Waals surface area contributed by atoms with E-state index in [2.05, 4.69) is 21.4 Å². The fraction of sp³-hybridized carbons (Fsp3) is 0.281. The first-order chi connectivity index (χ1) is 19.6. The van der Waals surface area contributed by atoms with Crippen molar-refractivity contribution in [2.24, 2.45) is 11.8 Å². The third-order valence-corrected chi connectivity index (χ3v) is 8.49. The zero-order chi connectivity index (χ0) is 27.7. The Labute approximate surface area is 232 Å². The van der Waals surface area contributed by atoms with Crippen molar-refractivity contribution in [3.05, 3.63) is 119 Å². The lowest BCUT2D eigenvalue weighted by Crippen LogP contribution is -2.52. The van der Waals surface area contributed by atoms with Gasteiger partial charge in [0.05, 0.1) is 36.7 Å². The lowest BCUT2D eigenvalue weighted by Gasteiger charge is -2.42. The van der Waals surface area contributed by atoms with Crippen LogP contribution in [0.15, 0.2) is 91.5 Å². The SMILES string of the molecule is COc1cncc2c1[C@@]1(O)[C@@H](CNCc3ccncc3)[C@H](CO)[C@@H](c3ccccc3)[C@]1(c1ccc(C#N)cc1)O2. The summed E-state index contributed by atoms with van der Waals surface area (Å²) < 4.78 is 12.6. The number of fused-ring (bicyclic) bond motifs is 3. The van der Waals surface area contributed by atoms with Crippen LogP contribution in [0.4, 0.5) is 0 Å². The predicted octanol–water partition coefficient (Wildman–Crippen LogP) is 3.64. The summed E-state index contributed by atoms with van der Waals surface area (Å²) in [6, 6.07) is 23.1. The molecule has 202 valence electrons. The fourth-order valence-electron chi connectivity index (χ4n) is 6.87. The van der Waals surface area contributed by atoms with E-state index < -0.39 is 23.0 Å². The van der Waals surface area contributed by atoms with Gasteiger partial charge < -0.3 is 25.0 Å². The largest absolute Gasteiger partial charge is 0.495 e. The van der Waals surface area contributed by atoms with E-state index in [0.717, 1.165) is 11.1 Å². The smallest absolute Gasteiger partial charge is 0.174 e. The van der Waals surface area contributed by atoms with Crippen molar-refractivity contribution in [2.45, 2.75) is 23.7 Å². The van der Waals surface area contributed by atoms with Crippen molar-refractivity contribution in [2.75, 3.05) is 20.3 Å². The Hall–Kier alpha value is -4.29. The van der Waals surface area contributed by atoms with Crippen LogP contribution >= 0.6 is 0 Å². The van der Waals surface area contributed by atoms with E-state index in [4.69, 9.17) is 9.47 Å². The molecule has 0 unspecified atom stereocenters. The highest BCUT2D eigenvalue weighted by molar-refractivity contribution is 5.59. The first-order valence-electron chi connectivity index (χ1n) is 13.3. The number of ether oxygens (including phenoxy) is 2. The highest BCUT2D eigenvalue weighted by Gasteiger charge is 2.76. The minimum Gasteiger partial charge on any atom is -0.495 e. The number of aliphatic hydroxyl groups excluding tert-OH is 1. The van der Waals surface area contributed by atoms with Crippen molar-refractivity contribution < 1.29 is 19.7 Å². The number of nitrogens with one attached hydrogen (secondary N) is 1. The number of nitriles is 1. The number of hydrogen-bond donors (Lipinski definition) is 3. The number of benzene rings is 2. The maximum Gasteiger partial charge on any atom is 0.174 e. The van der Waals surface area contributed by atoms with Crippen LogP contribution in [0.2, 0.25) is 0 Å². The molecule has 8 heteroatoms. The van der Waals surface area contributed by atoms with Gasteiger partial charge in [0.2, 0.25) is 0 Å². The lowest BCUT2D eigenvalue weighted by molar-refractivity contribution is -0.128. The standard InChI is InChI=1S/C32H30N4O4/c1-39-27-18-36-19-28-30(27)31(38)26(17-35-16-22-11-13-34-14-12-22)25(20-37)29(23-5-3-2-4-6-23)32(31,40-28)24-9-7-21(15-33)8-10-24/h2-14,18-19,25-26,29,35,37-38H,16-17,20H2,1H3/t25-,26-,29+,31-,32-/m0/s1. The van der Waals surface area contributed by atoms with Crippen LogP contribution in [0.1, 0.15) is 33.7 Å². The van der Waals surface area contributed by atoms with Gasteiger partial charge in [-0.25, -0.2) is 0 Å². The molecule has 0 amide bonds. The molecule has 1 aliphatic carbocycles. The van der Waals surface area contributed by atoms with E-state index in [1.165, 1.54) is 0 Å². The molecule has 3 heterocycles. The first kappa shape index (κ1) is 26.0. The molecule has 2 aliphatic rings. The van der Waals surface area contributed by atoms with Crippen molar-refractivity contribution in [1.29, 1.82) is 5.26 Å². The molecule has 1 saturated carbocycles. The average molecular weight is 535 g/mol. The number of aliphatic hydroxyl groups is 2. The Morgan fingerprint density at radius 3 is 2.45 bits per heavy atom. The summed E-state index contributed by atoms with van der Waals surface area (Å²) in [5, 5.41) is 37.2. The van der Waals surface area contributed by atoms with Gasteiger partial charge in [-0.2, -0.15) is 5.26 Å². The van der Waals surface area contributed by atoms with Gasteiger partial charge in [-0.1, -0.05) is 42.5 Å². The summed E-state index contributed by atoms with van der Waals surface area (Å²) in [4.78, 5) is 8.42. The number of aromatic nitrogens is 2. The average Bonchev–Trinajstić information content (AvgIpc) is 3.40. The number of methoxy groups -OCH3 is 1. The monoisotopic (exact) mass is 534 g/mol. The summed E-state index contributed by atoms with van der Waals surface area (Å²) in [5.41, 5.74) is 0.755. The minimum absolute atomic E-state index is 0.173. The molecule has 0 spiro atoms. The molecule has 2 aromatic carbocycles. The van der Waals surface area contributed by atoms with Crippen molar-refractivity contribution in [3.63, 3.8) is 0 Å². The molecule has 6 rings (SSSR count). The highest BCUT2D eigenvalue weighted by atomic mass is 16.5. The molecule has 0 bridgehead atoms. The Bertz CT molecular complexity index is 1530. The maximum absolute atomic E-state index is 13.3. The molecule has 1 aliphatic heterocycles. The van der Waals surface area contributed by atoms with Crippen LogP contribution in [0.5, 0.6) is 11.5 Å². The molecule has 2 aromatic heterocycles. The van der Waals surface area contributed by atoms with Gasteiger partial charge in [-0.15, -0.1) is 0 Å². The predicted molar refractivity (Wildman–Crippen MR) is 147 cm³/mol. The molecule has 0 saturated heterocycles. The number of nitrogens with zero attached hydrogens (tertiary/aromatic N) is 3. The Kier molecular flexibility index (Phi) is 6.72. The number of pyridine rings is 2. The summed E-state index contributed by atoms with van der Waals surface area (Å²) >= 11 is 0. The van der Waals surface area contributed by atoms with Gasteiger partial charge in [0.1, 0.15) is 17.1 Å². The molecule has 5 atom stereocenters. The lowest BCUT2D eigenvalue weighted by atomic mass is 9.69. The minimum atomic E-state index is -1.62. The van der Waals surface area contributed by atoms with E-state index in [1.54, 1.807) is 44.0 Å². The molecule has 3 N–H and O–H groups in total. The number of hydrogen-bond acceptors (Lipinski definition) is 8. The second kappa shape index (κ2) is 10.4. The van der Waals surface area contributed by atoms with E-state index in [9.17, 15) is 15.5 Å². The van der Waals surface area contributed by atoms with Gasteiger partial charge in [0.15, 0.2) is 5.60 Å². The van der Waals surface area contributed by atoms with Crippen LogP contribution < -0.4 is 14.8 Å². The third-order valence-electron chi connectivity index (χ3n) is 8.49. The first-order valence-corrected chi connectivity index (χ1v) is 13.3. The second-order valence-electron chi connectivity index (χ2n) is 10.3. The van der Waals surface area contributed by atoms with Crippen LogP contribution in [0, 0.1) is 23.2 Å². The summed E-state index contributed by atoms with van der Waals surface area (Å²) in [5.74, 6) is -0.471. The molecule has 0 radical (unpaired) electrons. The second-order valence-corrected chi connectivity index (χ2v) is 10.3. The zero-order valence-electron chi connectivity index (χ0n) is 22.1. The highest BCUT2D eigenvalue weighted by Crippen LogP contribution is 2.71. The Morgan fingerprint density at radius 1 is 1.02 bits per heavy atom. The quantitative estimate of drug-likeness (QED) is 0.313. The van der Waals surface area contributed by atoms with Gasteiger partial charge in [-0.3, -0.25) is 9.97 Å². The van der Waals surface area contributed by atoms with E-state index >= 15 is 0 Å². The van der Waals surface area contributed by atoms with E-state index in [0.29, 0.717) is 41.3 Å². The van der Waals surface area contributed by atoms with Crippen LogP contribution in [-0.2, 0) is 17.7 Å². The van der Waals surface area contributed by atoms with Crippen LogP contribution in [-0.4, -0.2) is 40.4 Å². The normalized spacial score (nSPS) is 26.4. The van der Waals surface area contributed by atoms with Crippen LogP contribution in [0.3, 0.4) is 0 Å². The molecule has 40 heavy (non-hydrogen) atoms. The Balaban J connectivity index is 1.57. The molecule has 8 nitrogen and oxygen atoms in total. The summed E-state index contributed by atoms with van der Waals surface area (Å²) in [7, 11) is 1.55. The zero-order valence-corrected chi connectivity index (χ0v) is 22.1. The summed E-state index contributed by atoms with van der Waals surface area (Å²) in [6.07, 6.45) is 6.69. The fourth-order valence-corrected chi connectivity index (χ4v) is 6.87. The van der Waals surface area contributed by atoms with Crippen molar-refractivity contribution in [1.82, 2.24) is 15.3 Å². The van der Waals surface area contributed by atoms with Gasteiger partial charge >= 0.3 is 0 Å². The van der Waals surface area contributed by atoms with Gasteiger partial charge in [0, 0.05) is 49.8 Å². The van der Waals surface area contributed by atoms with E-state index in [-0.39, 0.29) is 12.5 Å². The Morgan fingerprint density at radius 2 is 1.77 bits per heavy atom. The maximum atomic E-state index is 13.3. The third kappa shape index (κ3) is 3.78.